The van der Waals surface area contributed by atoms with Crippen molar-refractivity contribution in [2.24, 2.45) is 12.2 Å². The van der Waals surface area contributed by atoms with E-state index in [1.54, 1.807) is 31.4 Å². The average molecular weight is 294 g/mol. The van der Waals surface area contributed by atoms with Gasteiger partial charge in [-0.15, -0.1) is 0 Å². The third-order valence-corrected chi connectivity index (χ3v) is 3.58. The summed E-state index contributed by atoms with van der Waals surface area (Å²) in [6, 6.07) is 7.60. The molecule has 0 spiro atoms. The molecule has 3 N–H and O–H groups in total. The van der Waals surface area contributed by atoms with Crippen molar-refractivity contribution < 1.29 is 13.2 Å². The molecule has 0 aliphatic carbocycles. The van der Waals surface area contributed by atoms with Gasteiger partial charge in [0.25, 0.3) is 5.91 Å². The highest BCUT2D eigenvalue weighted by atomic mass is 32.2. The predicted octanol–water partition coefficient (Wildman–Crippen LogP) is -0.00250. The Kier molecular flexibility index (Phi) is 3.86. The molecule has 0 saturated heterocycles. The first-order valence-corrected chi connectivity index (χ1v) is 7.30. The molecular formula is C12H14N4O3S. The minimum absolute atomic E-state index is 0.0392. The lowest BCUT2D eigenvalue weighted by molar-refractivity contribution is 0.0945. The number of carbonyl (C=O) groups excluding carboxylic acids is 1. The van der Waals surface area contributed by atoms with Gasteiger partial charge >= 0.3 is 0 Å². The van der Waals surface area contributed by atoms with Crippen LogP contribution in [0.5, 0.6) is 0 Å². The lowest BCUT2D eigenvalue weighted by atomic mass is 10.2. The molecule has 0 radical (unpaired) electrons. The number of nitrogens with one attached hydrogen (secondary N) is 1. The molecule has 7 nitrogen and oxygen atoms in total. The fourth-order valence-corrected chi connectivity index (χ4v) is 2.12. The van der Waals surface area contributed by atoms with E-state index in [1.807, 2.05) is 0 Å². The molecule has 0 bridgehead atoms. The number of nitrogens with two attached hydrogens (primary N) is 1. The number of carbonyl (C=O) groups is 1. The lowest BCUT2D eigenvalue weighted by Crippen LogP contribution is -2.23. The first-order chi connectivity index (χ1) is 9.36. The Morgan fingerprint density at radius 3 is 2.45 bits per heavy atom. The SMILES string of the molecule is Cn1ccc(C(=O)NCc2ccc(S(N)(=O)=O)cc2)n1. The van der Waals surface area contributed by atoms with E-state index >= 15 is 0 Å². The molecule has 1 aromatic heterocycles. The first kappa shape index (κ1) is 14.2. The van der Waals surface area contributed by atoms with Crippen molar-refractivity contribution in [3.63, 3.8) is 0 Å². The van der Waals surface area contributed by atoms with Crippen LogP contribution in [0.1, 0.15) is 16.1 Å². The molecule has 0 aliphatic heterocycles. The predicted molar refractivity (Wildman–Crippen MR) is 72.2 cm³/mol. The van der Waals surface area contributed by atoms with Gasteiger partial charge in [0.1, 0.15) is 5.69 Å². The van der Waals surface area contributed by atoms with E-state index in [1.165, 1.54) is 16.8 Å². The molecule has 0 unspecified atom stereocenters. The van der Waals surface area contributed by atoms with Gasteiger partial charge < -0.3 is 5.32 Å². The van der Waals surface area contributed by atoms with Gasteiger partial charge in [-0.2, -0.15) is 5.10 Å². The fourth-order valence-electron chi connectivity index (χ4n) is 1.61. The number of aryl methyl sites for hydroxylation is 1. The molecule has 1 aromatic carbocycles. The van der Waals surface area contributed by atoms with E-state index in [9.17, 15) is 13.2 Å². The minimum Gasteiger partial charge on any atom is -0.347 e. The number of sulfonamides is 1. The maximum Gasteiger partial charge on any atom is 0.272 e. The standard InChI is InChI=1S/C12H14N4O3S/c1-16-7-6-11(15-16)12(17)14-8-9-2-4-10(5-3-9)20(13,18)19/h2-7H,8H2,1H3,(H,14,17)(H2,13,18,19). The second-order valence-corrected chi connectivity index (χ2v) is 5.81. The summed E-state index contributed by atoms with van der Waals surface area (Å²) < 4.78 is 23.7. The molecule has 0 atom stereocenters. The van der Waals surface area contributed by atoms with Crippen LogP contribution in [0.3, 0.4) is 0 Å². The van der Waals surface area contributed by atoms with Crippen molar-refractivity contribution in [3.8, 4) is 0 Å². The maximum atomic E-state index is 11.8. The number of hydrogen-bond donors (Lipinski definition) is 2. The van der Waals surface area contributed by atoms with E-state index in [0.717, 1.165) is 5.56 Å². The van der Waals surface area contributed by atoms with Gasteiger partial charge in [0.15, 0.2) is 0 Å². The van der Waals surface area contributed by atoms with Crippen molar-refractivity contribution in [1.82, 2.24) is 15.1 Å². The number of aromatic nitrogens is 2. The Balaban J connectivity index is 1.99. The van der Waals surface area contributed by atoms with Gasteiger partial charge in [0.05, 0.1) is 4.90 Å². The summed E-state index contributed by atoms with van der Waals surface area (Å²) in [7, 11) is -1.97. The summed E-state index contributed by atoms with van der Waals surface area (Å²) in [4.78, 5) is 11.8. The van der Waals surface area contributed by atoms with Crippen LogP contribution >= 0.6 is 0 Å². The molecule has 0 saturated carbocycles. The topological polar surface area (TPSA) is 107 Å². The molecule has 1 amide bonds. The zero-order chi connectivity index (χ0) is 14.8. The summed E-state index contributed by atoms with van der Waals surface area (Å²) in [5.74, 6) is -0.291. The highest BCUT2D eigenvalue weighted by molar-refractivity contribution is 7.89. The van der Waals surface area contributed by atoms with Crippen molar-refractivity contribution in [1.29, 1.82) is 0 Å². The largest absolute Gasteiger partial charge is 0.347 e. The van der Waals surface area contributed by atoms with Gasteiger partial charge in [-0.1, -0.05) is 12.1 Å². The van der Waals surface area contributed by atoms with Crippen LogP contribution in [-0.4, -0.2) is 24.1 Å². The van der Waals surface area contributed by atoms with Gasteiger partial charge in [0.2, 0.25) is 10.0 Å². The number of primary sulfonamides is 1. The first-order valence-electron chi connectivity index (χ1n) is 5.76. The van der Waals surface area contributed by atoms with Crippen LogP contribution < -0.4 is 10.5 Å². The van der Waals surface area contributed by atoms with Crippen molar-refractivity contribution in [2.75, 3.05) is 0 Å². The van der Waals surface area contributed by atoms with E-state index in [4.69, 9.17) is 5.14 Å². The lowest BCUT2D eigenvalue weighted by Gasteiger charge is -2.04. The summed E-state index contributed by atoms with van der Waals surface area (Å²) in [6.07, 6.45) is 1.68. The van der Waals surface area contributed by atoms with Crippen molar-refractivity contribution >= 4 is 15.9 Å². The molecule has 2 rings (SSSR count). The van der Waals surface area contributed by atoms with Crippen LogP contribution in [0.4, 0.5) is 0 Å². The highest BCUT2D eigenvalue weighted by Crippen LogP contribution is 2.08. The number of hydrogen-bond acceptors (Lipinski definition) is 4. The van der Waals surface area contributed by atoms with Gasteiger partial charge in [0, 0.05) is 19.8 Å². The second-order valence-electron chi connectivity index (χ2n) is 4.25. The summed E-state index contributed by atoms with van der Waals surface area (Å²) >= 11 is 0. The normalized spacial score (nSPS) is 11.3. The number of benzene rings is 1. The summed E-state index contributed by atoms with van der Waals surface area (Å²) in [6.45, 7) is 0.278. The molecule has 0 aliphatic rings. The summed E-state index contributed by atoms with van der Waals surface area (Å²) in [5, 5.41) is 11.7. The van der Waals surface area contributed by atoms with Crippen LogP contribution in [-0.2, 0) is 23.6 Å². The highest BCUT2D eigenvalue weighted by Gasteiger charge is 2.09. The zero-order valence-electron chi connectivity index (χ0n) is 10.8. The number of nitrogens with zero attached hydrogens (tertiary/aromatic N) is 2. The zero-order valence-corrected chi connectivity index (χ0v) is 11.6. The van der Waals surface area contributed by atoms with Crippen molar-refractivity contribution in [2.45, 2.75) is 11.4 Å². The molecule has 2 aromatic rings. The molecule has 1 heterocycles. The van der Waals surface area contributed by atoms with Crippen LogP contribution in [0, 0.1) is 0 Å². The van der Waals surface area contributed by atoms with E-state index in [0.29, 0.717) is 5.69 Å². The summed E-state index contributed by atoms with van der Waals surface area (Å²) in [5.41, 5.74) is 1.09. The number of amides is 1. The van der Waals surface area contributed by atoms with Crippen LogP contribution in [0.15, 0.2) is 41.4 Å². The quantitative estimate of drug-likeness (QED) is 0.827. The molecule has 106 valence electrons. The number of rotatable bonds is 4. The average Bonchev–Trinajstić information content (AvgIpc) is 2.82. The van der Waals surface area contributed by atoms with Crippen LogP contribution in [0.25, 0.3) is 0 Å². The molecule has 20 heavy (non-hydrogen) atoms. The van der Waals surface area contributed by atoms with Crippen molar-refractivity contribution in [3.05, 3.63) is 47.8 Å². The van der Waals surface area contributed by atoms with Crippen LogP contribution in [0.2, 0.25) is 0 Å². The Morgan fingerprint density at radius 2 is 1.95 bits per heavy atom. The van der Waals surface area contributed by atoms with E-state index in [2.05, 4.69) is 10.4 Å². The molecule has 8 heteroatoms. The fraction of sp³-hybridized carbons (Fsp3) is 0.167. The van der Waals surface area contributed by atoms with Gasteiger partial charge in [-0.3, -0.25) is 9.48 Å². The van der Waals surface area contributed by atoms with E-state index in [-0.39, 0.29) is 17.3 Å². The Hall–Kier alpha value is -2.19. The minimum atomic E-state index is -3.69. The molecular weight excluding hydrogens is 280 g/mol. The Labute approximate surface area is 116 Å². The Morgan fingerprint density at radius 1 is 1.30 bits per heavy atom. The van der Waals surface area contributed by atoms with Gasteiger partial charge in [-0.25, -0.2) is 13.6 Å². The van der Waals surface area contributed by atoms with E-state index < -0.39 is 10.0 Å². The monoisotopic (exact) mass is 294 g/mol. The van der Waals surface area contributed by atoms with Gasteiger partial charge in [-0.05, 0) is 23.8 Å². The maximum absolute atomic E-state index is 11.8. The second kappa shape index (κ2) is 5.43. The molecule has 0 fully saturated rings. The third-order valence-electron chi connectivity index (χ3n) is 2.65. The third kappa shape index (κ3) is 3.43. The Bertz CT molecular complexity index is 719. The smallest absolute Gasteiger partial charge is 0.272 e.